The van der Waals surface area contributed by atoms with E-state index in [0.717, 1.165) is 31.4 Å². The predicted octanol–water partition coefficient (Wildman–Crippen LogP) is 4.24. The summed E-state index contributed by atoms with van der Waals surface area (Å²) in [7, 11) is 0. The number of alkyl halides is 1. The van der Waals surface area contributed by atoms with Crippen molar-refractivity contribution < 1.29 is 14.3 Å². The van der Waals surface area contributed by atoms with E-state index in [1.165, 1.54) is 24.8 Å². The fraction of sp³-hybridized carbons (Fsp3) is 0.636. The fourth-order valence-electron chi connectivity index (χ4n) is 6.51. The highest BCUT2D eigenvalue weighted by molar-refractivity contribution is 9.10. The molecule has 144 valence electrons. The highest BCUT2D eigenvalue weighted by Gasteiger charge is 2.60. The summed E-state index contributed by atoms with van der Waals surface area (Å²) >= 11 is 3.94. The number of hydrogen-bond acceptors (Lipinski definition) is 3. The molecule has 4 bridgehead atoms. The molecule has 5 heteroatoms. The third kappa shape index (κ3) is 2.84. The van der Waals surface area contributed by atoms with Crippen molar-refractivity contribution in [2.75, 3.05) is 11.4 Å². The first-order valence-corrected chi connectivity index (χ1v) is 11.0. The third-order valence-corrected chi connectivity index (χ3v) is 8.14. The molecule has 27 heavy (non-hydrogen) atoms. The van der Waals surface area contributed by atoms with Gasteiger partial charge in [-0.2, -0.15) is 0 Å². The number of carbonyl (C=O) groups excluding carboxylic acids is 2. The van der Waals surface area contributed by atoms with Crippen molar-refractivity contribution in [1.82, 2.24) is 0 Å². The van der Waals surface area contributed by atoms with Gasteiger partial charge in [0.2, 0.25) is 0 Å². The molecule has 4 nitrogen and oxygen atoms in total. The summed E-state index contributed by atoms with van der Waals surface area (Å²) in [6.45, 7) is 2.39. The average molecular weight is 432 g/mol. The molecule has 0 spiro atoms. The summed E-state index contributed by atoms with van der Waals surface area (Å²) in [4.78, 5) is 28.0. The Kier molecular flexibility index (Phi) is 3.98. The van der Waals surface area contributed by atoms with Crippen LogP contribution in [0.3, 0.4) is 0 Å². The second-order valence-electron chi connectivity index (χ2n) is 9.31. The van der Waals surface area contributed by atoms with Gasteiger partial charge in [-0.15, -0.1) is 0 Å². The largest absolute Gasteiger partial charge is 0.452 e. The lowest BCUT2D eigenvalue weighted by Gasteiger charge is -2.58. The number of amides is 1. The predicted molar refractivity (Wildman–Crippen MR) is 107 cm³/mol. The van der Waals surface area contributed by atoms with Gasteiger partial charge in [0.1, 0.15) is 0 Å². The second kappa shape index (κ2) is 6.07. The van der Waals surface area contributed by atoms with Crippen molar-refractivity contribution in [1.29, 1.82) is 0 Å². The Labute approximate surface area is 168 Å². The molecule has 6 rings (SSSR count). The minimum Gasteiger partial charge on any atom is -0.452 e. The van der Waals surface area contributed by atoms with Crippen LogP contribution in [0.2, 0.25) is 0 Å². The number of para-hydroxylation sites is 1. The minimum atomic E-state index is -0.733. The number of rotatable bonds is 3. The summed E-state index contributed by atoms with van der Waals surface area (Å²) in [5.41, 5.74) is 1.76. The van der Waals surface area contributed by atoms with Crippen LogP contribution in [0.15, 0.2) is 24.3 Å². The molecule has 0 saturated heterocycles. The van der Waals surface area contributed by atoms with E-state index < -0.39 is 6.10 Å². The Balaban J connectivity index is 1.31. The van der Waals surface area contributed by atoms with Crippen LogP contribution in [0.25, 0.3) is 0 Å². The van der Waals surface area contributed by atoms with Gasteiger partial charge >= 0.3 is 5.97 Å². The van der Waals surface area contributed by atoms with Crippen molar-refractivity contribution in [2.45, 2.75) is 62.3 Å². The number of carbonyl (C=O) groups is 2. The number of esters is 1. The molecule has 4 aliphatic carbocycles. The molecule has 1 aromatic rings. The van der Waals surface area contributed by atoms with Crippen LogP contribution >= 0.6 is 15.9 Å². The van der Waals surface area contributed by atoms with Crippen LogP contribution < -0.4 is 4.90 Å². The van der Waals surface area contributed by atoms with Gasteiger partial charge in [0.15, 0.2) is 6.10 Å². The van der Waals surface area contributed by atoms with E-state index in [9.17, 15) is 9.59 Å². The van der Waals surface area contributed by atoms with Crippen molar-refractivity contribution in [3.63, 3.8) is 0 Å². The standard InChI is InChI=1S/C22H26BrNO3/c1-14(19(25)24-7-6-17-4-2-3-5-18(17)24)27-20(26)21-9-15-8-16(10-21)12-22(23,11-15)13-21/h2-5,14-16H,6-13H2,1H3. The van der Waals surface area contributed by atoms with Gasteiger partial charge in [-0.3, -0.25) is 9.59 Å². The van der Waals surface area contributed by atoms with Crippen LogP contribution in [0, 0.1) is 17.3 Å². The lowest BCUT2D eigenvalue weighted by Crippen LogP contribution is -2.57. The zero-order chi connectivity index (χ0) is 18.8. The summed E-state index contributed by atoms with van der Waals surface area (Å²) in [5, 5.41) is 0. The van der Waals surface area contributed by atoms with Gasteiger partial charge in [0, 0.05) is 16.6 Å². The molecule has 4 fully saturated rings. The van der Waals surface area contributed by atoms with E-state index in [2.05, 4.69) is 22.0 Å². The smallest absolute Gasteiger partial charge is 0.312 e. The van der Waals surface area contributed by atoms with E-state index in [1.54, 1.807) is 11.8 Å². The Hall–Kier alpha value is -1.36. The van der Waals surface area contributed by atoms with Crippen LogP contribution in [0.1, 0.15) is 51.0 Å². The molecular weight excluding hydrogens is 406 g/mol. The van der Waals surface area contributed by atoms with E-state index in [4.69, 9.17) is 4.74 Å². The van der Waals surface area contributed by atoms with Gasteiger partial charge in [0.25, 0.3) is 5.91 Å². The van der Waals surface area contributed by atoms with Crippen molar-refractivity contribution in [3.8, 4) is 0 Å². The van der Waals surface area contributed by atoms with Crippen molar-refractivity contribution in [3.05, 3.63) is 29.8 Å². The first-order chi connectivity index (χ1) is 12.9. The third-order valence-electron chi connectivity index (χ3n) is 7.21. The number of ether oxygens (including phenoxy) is 1. The van der Waals surface area contributed by atoms with E-state index in [0.29, 0.717) is 18.4 Å². The first-order valence-electron chi connectivity index (χ1n) is 10.2. The van der Waals surface area contributed by atoms with Crippen LogP contribution in [0.5, 0.6) is 0 Å². The highest BCUT2D eigenvalue weighted by Crippen LogP contribution is 2.64. The second-order valence-corrected chi connectivity index (χ2v) is 11.0. The van der Waals surface area contributed by atoms with Gasteiger partial charge in [-0.1, -0.05) is 34.1 Å². The molecule has 0 N–H and O–H groups in total. The maximum absolute atomic E-state index is 13.2. The van der Waals surface area contributed by atoms with Crippen LogP contribution in [-0.4, -0.2) is 28.8 Å². The maximum atomic E-state index is 13.2. The molecule has 1 aromatic carbocycles. The lowest BCUT2D eigenvalue weighted by atomic mass is 9.49. The van der Waals surface area contributed by atoms with Gasteiger partial charge in [0.05, 0.1) is 5.41 Å². The number of halogens is 1. The average Bonchev–Trinajstić information content (AvgIpc) is 3.03. The van der Waals surface area contributed by atoms with Crippen molar-refractivity contribution >= 4 is 33.5 Å². The molecule has 4 saturated carbocycles. The molecular formula is C22H26BrNO3. The first kappa shape index (κ1) is 17.7. The lowest BCUT2D eigenvalue weighted by molar-refractivity contribution is -0.176. The van der Waals surface area contributed by atoms with Gasteiger partial charge in [-0.25, -0.2) is 0 Å². The normalized spacial score (nSPS) is 37.2. The zero-order valence-electron chi connectivity index (χ0n) is 15.7. The molecule has 1 amide bonds. The summed E-state index contributed by atoms with van der Waals surface area (Å²) < 4.78 is 5.93. The molecule has 3 atom stereocenters. The Morgan fingerprint density at radius 2 is 1.89 bits per heavy atom. The number of hydrogen-bond donors (Lipinski definition) is 0. The number of nitrogens with zero attached hydrogens (tertiary/aromatic N) is 1. The molecule has 0 radical (unpaired) electrons. The summed E-state index contributed by atoms with van der Waals surface area (Å²) in [6.07, 6.45) is 6.47. The number of benzene rings is 1. The van der Waals surface area contributed by atoms with Gasteiger partial charge in [-0.05, 0) is 75.3 Å². The Bertz CT molecular complexity index is 793. The molecule has 0 aromatic heterocycles. The van der Waals surface area contributed by atoms with Gasteiger partial charge < -0.3 is 9.64 Å². The molecule has 5 aliphatic rings. The monoisotopic (exact) mass is 431 g/mol. The fourth-order valence-corrected chi connectivity index (χ4v) is 7.96. The molecule has 1 aliphatic heterocycles. The highest BCUT2D eigenvalue weighted by atomic mass is 79.9. The van der Waals surface area contributed by atoms with E-state index in [-0.39, 0.29) is 21.6 Å². The quantitative estimate of drug-likeness (QED) is 0.530. The summed E-state index contributed by atoms with van der Waals surface area (Å²) in [5.74, 6) is 0.990. The van der Waals surface area contributed by atoms with E-state index in [1.807, 2.05) is 18.2 Å². The summed E-state index contributed by atoms with van der Waals surface area (Å²) in [6, 6.07) is 7.98. The SMILES string of the molecule is CC(OC(=O)C12CC3CC(CC(Br)(C3)C1)C2)C(=O)N1CCc2ccccc21. The molecule has 3 unspecified atom stereocenters. The van der Waals surface area contributed by atoms with E-state index >= 15 is 0 Å². The zero-order valence-corrected chi connectivity index (χ0v) is 17.3. The molecule has 1 heterocycles. The van der Waals surface area contributed by atoms with Crippen molar-refractivity contribution in [2.24, 2.45) is 17.3 Å². The Morgan fingerprint density at radius 1 is 1.19 bits per heavy atom. The van der Waals surface area contributed by atoms with Crippen LogP contribution in [0.4, 0.5) is 5.69 Å². The topological polar surface area (TPSA) is 46.6 Å². The Morgan fingerprint density at radius 3 is 2.59 bits per heavy atom. The number of fused-ring (bicyclic) bond motifs is 1. The minimum absolute atomic E-state index is 0.105. The van der Waals surface area contributed by atoms with Crippen LogP contribution in [-0.2, 0) is 20.7 Å². The number of anilines is 1. The maximum Gasteiger partial charge on any atom is 0.312 e.